The van der Waals surface area contributed by atoms with Crippen LogP contribution >= 0.6 is 11.8 Å². The number of aromatic nitrogens is 3. The molecule has 0 saturated heterocycles. The third kappa shape index (κ3) is 8.81. The minimum absolute atomic E-state index is 0.526. The van der Waals surface area contributed by atoms with Gasteiger partial charge in [-0.1, -0.05) is 18.2 Å². The number of nitrogen functional groups attached to an aromatic ring is 1. The molecule has 0 spiro atoms. The highest BCUT2D eigenvalue weighted by molar-refractivity contribution is 7.99. The lowest BCUT2D eigenvalue weighted by atomic mass is 10.3. The van der Waals surface area contributed by atoms with Crippen molar-refractivity contribution in [3.05, 3.63) is 54.6 Å². The number of nitrogens with zero attached hydrogens (tertiary/aromatic N) is 6. The number of hydrogen-bond donors (Lipinski definition) is 2. The first-order valence-corrected chi connectivity index (χ1v) is 12.4. The molecule has 0 unspecified atom stereocenters. The summed E-state index contributed by atoms with van der Waals surface area (Å²) in [5.74, 6) is 1.22. The molecule has 182 valence electrons. The standard InChI is InChI=1S/C25H36N8S/c1-31(2)16-8-18-33(19-9-17-32(3)4)24-28-23(27-21-14-12-20(26)13-15-21)29-25(30-24)34-22-10-6-5-7-11-22/h5-7,10-15H,8-9,16-19,26H2,1-4H3,(H,27,28,29,30). The molecule has 0 bridgehead atoms. The van der Waals surface area contributed by atoms with Gasteiger partial charge in [-0.15, -0.1) is 0 Å². The highest BCUT2D eigenvalue weighted by Gasteiger charge is 2.15. The number of hydrogen-bond acceptors (Lipinski definition) is 9. The number of rotatable bonds is 13. The van der Waals surface area contributed by atoms with Crippen molar-refractivity contribution in [2.45, 2.75) is 22.9 Å². The Morgan fingerprint density at radius 3 is 1.97 bits per heavy atom. The lowest BCUT2D eigenvalue weighted by molar-refractivity contribution is 0.389. The fraction of sp³-hybridized carbons (Fsp3) is 0.400. The molecule has 0 amide bonds. The van der Waals surface area contributed by atoms with Crippen molar-refractivity contribution in [1.82, 2.24) is 24.8 Å². The van der Waals surface area contributed by atoms with Crippen molar-refractivity contribution in [3.63, 3.8) is 0 Å². The van der Waals surface area contributed by atoms with Crippen molar-refractivity contribution >= 4 is 35.0 Å². The molecule has 34 heavy (non-hydrogen) atoms. The van der Waals surface area contributed by atoms with Gasteiger partial charge >= 0.3 is 0 Å². The smallest absolute Gasteiger partial charge is 0.233 e. The first-order valence-electron chi connectivity index (χ1n) is 11.5. The average molecular weight is 481 g/mol. The molecule has 3 aromatic rings. The SMILES string of the molecule is CN(C)CCCN(CCCN(C)C)c1nc(Nc2ccc(N)cc2)nc(Sc2ccccc2)n1. The second-order valence-corrected chi connectivity index (χ2v) is 9.75. The van der Waals surface area contributed by atoms with E-state index >= 15 is 0 Å². The molecule has 0 aliphatic carbocycles. The summed E-state index contributed by atoms with van der Waals surface area (Å²) in [7, 11) is 8.40. The topological polar surface area (TPSA) is 86.4 Å². The summed E-state index contributed by atoms with van der Waals surface area (Å²) in [4.78, 5) is 22.1. The molecule has 3 N–H and O–H groups in total. The Kier molecular flexibility index (Phi) is 9.93. The summed E-state index contributed by atoms with van der Waals surface area (Å²) in [6.45, 7) is 3.79. The van der Waals surface area contributed by atoms with Gasteiger partial charge < -0.3 is 25.8 Å². The molecule has 0 aliphatic rings. The van der Waals surface area contributed by atoms with Crippen LogP contribution in [0, 0.1) is 0 Å². The molecular weight excluding hydrogens is 444 g/mol. The van der Waals surface area contributed by atoms with E-state index in [2.05, 4.69) is 60.3 Å². The average Bonchev–Trinajstić information content (AvgIpc) is 2.80. The summed E-state index contributed by atoms with van der Waals surface area (Å²) in [5.41, 5.74) is 7.44. The largest absolute Gasteiger partial charge is 0.399 e. The molecule has 0 atom stereocenters. The minimum Gasteiger partial charge on any atom is -0.399 e. The van der Waals surface area contributed by atoms with E-state index in [1.54, 1.807) is 0 Å². The maximum Gasteiger partial charge on any atom is 0.233 e. The Morgan fingerprint density at radius 2 is 1.38 bits per heavy atom. The molecule has 9 heteroatoms. The molecule has 1 aromatic heterocycles. The molecule has 0 saturated carbocycles. The van der Waals surface area contributed by atoms with Crippen LogP contribution in [0.15, 0.2) is 64.6 Å². The monoisotopic (exact) mass is 480 g/mol. The lowest BCUT2D eigenvalue weighted by Crippen LogP contribution is -2.32. The van der Waals surface area contributed by atoms with Gasteiger partial charge in [0.2, 0.25) is 11.9 Å². The van der Waals surface area contributed by atoms with E-state index in [0.717, 1.165) is 55.3 Å². The van der Waals surface area contributed by atoms with Crippen LogP contribution in [0.1, 0.15) is 12.8 Å². The van der Waals surface area contributed by atoms with Gasteiger partial charge in [0.15, 0.2) is 5.16 Å². The van der Waals surface area contributed by atoms with Crippen LogP contribution in [0.5, 0.6) is 0 Å². The van der Waals surface area contributed by atoms with Crippen LogP contribution in [0.2, 0.25) is 0 Å². The van der Waals surface area contributed by atoms with Gasteiger partial charge in [-0.05, 0) is 102 Å². The fourth-order valence-corrected chi connectivity index (χ4v) is 4.11. The highest BCUT2D eigenvalue weighted by Crippen LogP contribution is 2.27. The zero-order chi connectivity index (χ0) is 24.3. The van der Waals surface area contributed by atoms with E-state index in [4.69, 9.17) is 20.7 Å². The van der Waals surface area contributed by atoms with Crippen LogP contribution in [0.4, 0.5) is 23.3 Å². The van der Waals surface area contributed by atoms with Crippen LogP contribution < -0.4 is 16.0 Å². The van der Waals surface area contributed by atoms with Gasteiger partial charge in [0.05, 0.1) is 0 Å². The van der Waals surface area contributed by atoms with E-state index in [1.165, 1.54) is 11.8 Å². The normalized spacial score (nSPS) is 11.2. The molecule has 3 rings (SSSR count). The van der Waals surface area contributed by atoms with Gasteiger partial charge in [-0.3, -0.25) is 0 Å². The van der Waals surface area contributed by atoms with Gasteiger partial charge in [-0.25, -0.2) is 0 Å². The molecule has 1 heterocycles. The zero-order valence-corrected chi connectivity index (χ0v) is 21.4. The third-order valence-electron chi connectivity index (χ3n) is 5.07. The Balaban J connectivity index is 1.89. The Hall–Kier alpha value is -2.88. The zero-order valence-electron chi connectivity index (χ0n) is 20.6. The first-order chi connectivity index (χ1) is 16.4. The van der Waals surface area contributed by atoms with E-state index in [1.807, 2.05) is 42.5 Å². The summed E-state index contributed by atoms with van der Waals surface area (Å²) < 4.78 is 0. The summed E-state index contributed by atoms with van der Waals surface area (Å²) in [5, 5.41) is 3.99. The Morgan fingerprint density at radius 1 is 0.765 bits per heavy atom. The van der Waals surface area contributed by atoms with E-state index in [-0.39, 0.29) is 0 Å². The summed E-state index contributed by atoms with van der Waals surface area (Å²) in [6, 6.07) is 17.7. The predicted octanol–water partition coefficient (Wildman–Crippen LogP) is 4.06. The maximum atomic E-state index is 5.84. The van der Waals surface area contributed by atoms with E-state index in [9.17, 15) is 0 Å². The highest BCUT2D eigenvalue weighted by atomic mass is 32.2. The van der Waals surface area contributed by atoms with Gasteiger partial charge in [0, 0.05) is 29.4 Å². The summed E-state index contributed by atoms with van der Waals surface area (Å²) in [6.07, 6.45) is 2.06. The van der Waals surface area contributed by atoms with Gasteiger partial charge in [0.25, 0.3) is 0 Å². The number of nitrogens with one attached hydrogen (secondary N) is 1. The van der Waals surface area contributed by atoms with Crippen molar-refractivity contribution in [2.75, 3.05) is 70.3 Å². The number of anilines is 4. The van der Waals surface area contributed by atoms with Crippen molar-refractivity contribution in [3.8, 4) is 0 Å². The van der Waals surface area contributed by atoms with Crippen molar-refractivity contribution in [2.24, 2.45) is 0 Å². The number of nitrogens with two attached hydrogens (primary N) is 1. The Labute approximate surface area is 207 Å². The van der Waals surface area contributed by atoms with Crippen molar-refractivity contribution in [1.29, 1.82) is 0 Å². The predicted molar refractivity (Wildman–Crippen MR) is 143 cm³/mol. The molecular formula is C25H36N8S. The minimum atomic E-state index is 0.526. The van der Waals surface area contributed by atoms with Gasteiger partial charge in [-0.2, -0.15) is 15.0 Å². The third-order valence-corrected chi connectivity index (χ3v) is 5.94. The second kappa shape index (κ2) is 13.1. The van der Waals surface area contributed by atoms with E-state index < -0.39 is 0 Å². The van der Waals surface area contributed by atoms with E-state index in [0.29, 0.717) is 17.1 Å². The maximum absolute atomic E-state index is 5.84. The number of benzene rings is 2. The molecule has 2 aromatic carbocycles. The summed E-state index contributed by atoms with van der Waals surface area (Å²) >= 11 is 1.54. The second-order valence-electron chi connectivity index (χ2n) is 8.70. The molecule has 0 fully saturated rings. The van der Waals surface area contributed by atoms with Crippen LogP contribution in [0.25, 0.3) is 0 Å². The molecule has 0 aliphatic heterocycles. The lowest BCUT2D eigenvalue weighted by Gasteiger charge is -2.25. The van der Waals surface area contributed by atoms with Crippen molar-refractivity contribution < 1.29 is 0 Å². The Bertz CT molecular complexity index is 982. The van der Waals surface area contributed by atoms with Gasteiger partial charge in [0.1, 0.15) is 0 Å². The fourth-order valence-electron chi connectivity index (χ4n) is 3.35. The van der Waals surface area contributed by atoms with Crippen LogP contribution in [0.3, 0.4) is 0 Å². The first kappa shape index (κ1) is 25.7. The molecule has 0 radical (unpaired) electrons. The van der Waals surface area contributed by atoms with Crippen LogP contribution in [-0.4, -0.2) is 79.1 Å². The molecule has 8 nitrogen and oxygen atoms in total. The van der Waals surface area contributed by atoms with Crippen LogP contribution in [-0.2, 0) is 0 Å². The quantitative estimate of drug-likeness (QED) is 0.352.